The number of allylic oxidation sites excluding steroid dienone is 15. The van der Waals surface area contributed by atoms with Crippen LogP contribution >= 0.6 is 0 Å². The first kappa shape index (κ1) is 56.0. The Morgan fingerprint density at radius 1 is 0.571 bits per heavy atom. The van der Waals surface area contributed by atoms with Gasteiger partial charge in [0.2, 0.25) is 5.91 Å². The summed E-state index contributed by atoms with van der Waals surface area (Å²) in [6.45, 7) is 2.45. The first-order valence-electron chi connectivity index (χ1n) is 23.0. The Kier molecular flexibility index (Phi) is 31.3. The van der Waals surface area contributed by atoms with Crippen LogP contribution in [-0.2, 0) is 23.7 Å². The van der Waals surface area contributed by atoms with E-state index >= 15 is 0 Å². The van der Waals surface area contributed by atoms with Crippen molar-refractivity contribution >= 4 is 5.91 Å². The fourth-order valence-corrected chi connectivity index (χ4v) is 6.76. The minimum Gasteiger partial charge on any atom is -0.394 e. The normalized spacial score (nSPS) is 28.4. The minimum absolute atomic E-state index is 0.224. The molecule has 14 nitrogen and oxygen atoms in total. The molecule has 0 aromatic heterocycles. The molecule has 0 spiro atoms. The molecule has 2 rings (SSSR count). The molecule has 12 atom stereocenters. The van der Waals surface area contributed by atoms with Crippen LogP contribution < -0.4 is 5.32 Å². The highest BCUT2D eigenvalue weighted by Gasteiger charge is 2.50. The number of hydrogen-bond donors (Lipinski definition) is 9. The van der Waals surface area contributed by atoms with Gasteiger partial charge >= 0.3 is 0 Å². The number of ether oxygens (including phenoxy) is 4. The number of aliphatic hydroxyl groups excluding tert-OH is 8. The lowest BCUT2D eigenvalue weighted by molar-refractivity contribution is -0.359. The third-order valence-corrected chi connectivity index (χ3v) is 10.5. The predicted molar refractivity (Wildman–Crippen MR) is 244 cm³/mol. The summed E-state index contributed by atoms with van der Waals surface area (Å²) in [5.74, 6) is -0.294. The molecule has 0 saturated carbocycles. The van der Waals surface area contributed by atoms with E-state index in [1.165, 1.54) is 0 Å². The van der Waals surface area contributed by atoms with Gasteiger partial charge in [-0.1, -0.05) is 117 Å². The van der Waals surface area contributed by atoms with Crippen LogP contribution in [0.15, 0.2) is 97.2 Å². The Bertz CT molecular complexity index is 1420. The molecular weight excluding hydrogens is 811 g/mol. The summed E-state index contributed by atoms with van der Waals surface area (Å²) in [6.07, 6.45) is 29.0. The van der Waals surface area contributed by atoms with Crippen LogP contribution in [0.1, 0.15) is 110 Å². The van der Waals surface area contributed by atoms with Crippen LogP contribution in [-0.4, -0.2) is 140 Å². The van der Waals surface area contributed by atoms with Crippen molar-refractivity contribution < 1.29 is 64.6 Å². The quantitative estimate of drug-likeness (QED) is 0.0327. The van der Waals surface area contributed by atoms with E-state index in [9.17, 15) is 45.6 Å². The molecule has 0 radical (unpaired) electrons. The molecule has 2 fully saturated rings. The number of carbonyl (C=O) groups excluding carboxylic acids is 1. The van der Waals surface area contributed by atoms with Crippen LogP contribution in [0.3, 0.4) is 0 Å². The monoisotopic (exact) mass is 890 g/mol. The van der Waals surface area contributed by atoms with Gasteiger partial charge in [0.25, 0.3) is 0 Å². The molecule has 2 aliphatic rings. The zero-order valence-corrected chi connectivity index (χ0v) is 37.5. The second kappa shape index (κ2) is 35.2. The Hall–Kier alpha value is -3.09. The fraction of sp³-hybridized carbons (Fsp3) is 0.653. The summed E-state index contributed by atoms with van der Waals surface area (Å²) in [4.78, 5) is 13.1. The molecule has 358 valence electrons. The molecule has 63 heavy (non-hydrogen) atoms. The molecule has 14 heteroatoms. The largest absolute Gasteiger partial charge is 0.394 e. The van der Waals surface area contributed by atoms with Crippen LogP contribution in [0.4, 0.5) is 0 Å². The molecule has 0 aromatic carbocycles. The van der Waals surface area contributed by atoms with Gasteiger partial charge in [0.15, 0.2) is 12.6 Å². The third kappa shape index (κ3) is 23.1. The Balaban J connectivity index is 1.89. The van der Waals surface area contributed by atoms with Gasteiger partial charge in [-0.25, -0.2) is 0 Å². The highest BCUT2D eigenvalue weighted by molar-refractivity contribution is 5.76. The summed E-state index contributed by atoms with van der Waals surface area (Å²) in [7, 11) is 0. The molecule has 2 aliphatic heterocycles. The third-order valence-electron chi connectivity index (χ3n) is 10.5. The van der Waals surface area contributed by atoms with E-state index in [-0.39, 0.29) is 18.9 Å². The first-order chi connectivity index (χ1) is 30.6. The average Bonchev–Trinajstić information content (AvgIpc) is 3.28. The van der Waals surface area contributed by atoms with E-state index < -0.39 is 86.8 Å². The highest BCUT2D eigenvalue weighted by Crippen LogP contribution is 2.29. The van der Waals surface area contributed by atoms with E-state index in [0.29, 0.717) is 12.8 Å². The van der Waals surface area contributed by atoms with Gasteiger partial charge in [0.05, 0.1) is 32.0 Å². The summed E-state index contributed by atoms with van der Waals surface area (Å²) >= 11 is 0. The van der Waals surface area contributed by atoms with E-state index in [4.69, 9.17) is 18.9 Å². The van der Waals surface area contributed by atoms with Gasteiger partial charge in [-0.15, -0.1) is 0 Å². The maximum atomic E-state index is 13.1. The summed E-state index contributed by atoms with van der Waals surface area (Å²) in [5, 5.41) is 86.3. The smallest absolute Gasteiger partial charge is 0.220 e. The van der Waals surface area contributed by atoms with Gasteiger partial charge in [-0.2, -0.15) is 0 Å². The van der Waals surface area contributed by atoms with Gasteiger partial charge in [0, 0.05) is 6.42 Å². The number of rotatable bonds is 32. The number of amides is 1. The van der Waals surface area contributed by atoms with Crippen molar-refractivity contribution in [3.8, 4) is 0 Å². The number of unbranched alkanes of at least 4 members (excludes halogenated alkanes) is 5. The molecule has 0 aromatic rings. The Morgan fingerprint density at radius 2 is 1.06 bits per heavy atom. The van der Waals surface area contributed by atoms with Crippen molar-refractivity contribution in [2.75, 3.05) is 19.8 Å². The average molecular weight is 890 g/mol. The summed E-state index contributed by atoms with van der Waals surface area (Å²) < 4.78 is 22.6. The molecule has 2 heterocycles. The van der Waals surface area contributed by atoms with Crippen LogP contribution in [0.5, 0.6) is 0 Å². The number of carbonyl (C=O) groups is 1. The van der Waals surface area contributed by atoms with E-state index in [0.717, 1.165) is 77.0 Å². The maximum absolute atomic E-state index is 13.1. The standard InChI is InChI=1S/C49H79NO13/c1-3-5-7-9-11-13-15-16-17-18-19-20-21-22-23-25-27-29-31-33-41(54)50-37(38(53)32-30-28-26-24-14-12-10-8-6-4-2)36-60-48-46(59)44(57)47(40(35-52)62-48)63-49-45(58)43(56)42(55)39(34-51)61-49/h5-8,11,13-14,16-17,19-20,22-24,30,32,37-40,42-49,51-53,55-59H,3-4,9-10,12,15,18,21,25-29,31,33-36H2,1-2H3,(H,50,54)/b7-5-,8-6+,13-11-,17-16-,20-19-,23-22-,24-14+,32-30+. The SMILES string of the molecule is CC/C=C\C/C=C\C/C=C\C/C=C\C/C=C\CCCCCC(=O)NC(COC1OC(CO)C(OC2OC(CO)C(O)C(O)C2O)C(O)C1O)C(O)/C=C/CC/C=C/CC/C=C/CC. The van der Waals surface area contributed by atoms with Gasteiger partial charge in [-0.3, -0.25) is 4.79 Å². The van der Waals surface area contributed by atoms with Gasteiger partial charge in [0.1, 0.15) is 48.8 Å². The summed E-state index contributed by atoms with van der Waals surface area (Å²) in [5.41, 5.74) is 0. The maximum Gasteiger partial charge on any atom is 0.220 e. The lowest BCUT2D eigenvalue weighted by Crippen LogP contribution is -2.65. The van der Waals surface area contributed by atoms with Gasteiger partial charge in [-0.05, 0) is 83.5 Å². The number of nitrogens with one attached hydrogen (secondary N) is 1. The van der Waals surface area contributed by atoms with Crippen LogP contribution in [0.25, 0.3) is 0 Å². The zero-order valence-electron chi connectivity index (χ0n) is 37.5. The molecule has 2 saturated heterocycles. The first-order valence-corrected chi connectivity index (χ1v) is 23.0. The zero-order chi connectivity index (χ0) is 46.1. The lowest BCUT2D eigenvalue weighted by Gasteiger charge is -2.46. The van der Waals surface area contributed by atoms with E-state index in [1.54, 1.807) is 6.08 Å². The van der Waals surface area contributed by atoms with Crippen LogP contribution in [0, 0.1) is 0 Å². The van der Waals surface area contributed by atoms with E-state index in [2.05, 4.69) is 104 Å². The van der Waals surface area contributed by atoms with Crippen LogP contribution in [0.2, 0.25) is 0 Å². The molecule has 12 unspecified atom stereocenters. The molecule has 0 bridgehead atoms. The topological polar surface area (TPSA) is 228 Å². The van der Waals surface area contributed by atoms with Crippen molar-refractivity contribution in [1.82, 2.24) is 5.32 Å². The van der Waals surface area contributed by atoms with E-state index in [1.807, 2.05) is 6.08 Å². The Labute approximate surface area is 375 Å². The fourth-order valence-electron chi connectivity index (χ4n) is 6.76. The van der Waals surface area contributed by atoms with Crippen molar-refractivity contribution in [2.45, 2.75) is 184 Å². The molecular formula is C49H79NO13. The van der Waals surface area contributed by atoms with Crippen molar-refractivity contribution in [3.63, 3.8) is 0 Å². The number of hydrogen-bond acceptors (Lipinski definition) is 13. The lowest BCUT2D eigenvalue weighted by atomic mass is 9.97. The van der Waals surface area contributed by atoms with Gasteiger partial charge < -0.3 is 65.1 Å². The molecule has 0 aliphatic carbocycles. The molecule has 1 amide bonds. The molecule has 9 N–H and O–H groups in total. The summed E-state index contributed by atoms with van der Waals surface area (Å²) in [6, 6.07) is -0.959. The van der Waals surface area contributed by atoms with Crippen molar-refractivity contribution in [1.29, 1.82) is 0 Å². The van der Waals surface area contributed by atoms with Crippen molar-refractivity contribution in [2.24, 2.45) is 0 Å². The predicted octanol–water partition coefficient (Wildman–Crippen LogP) is 4.81. The second-order valence-corrected chi connectivity index (χ2v) is 15.7. The van der Waals surface area contributed by atoms with Crippen molar-refractivity contribution in [3.05, 3.63) is 97.2 Å². The number of aliphatic hydroxyl groups is 8. The second-order valence-electron chi connectivity index (χ2n) is 15.7. The minimum atomic E-state index is -1.80. The highest BCUT2D eigenvalue weighted by atomic mass is 16.7. The Morgan fingerprint density at radius 3 is 1.65 bits per heavy atom.